The van der Waals surface area contributed by atoms with E-state index in [9.17, 15) is 17.2 Å². The second-order valence-electron chi connectivity index (χ2n) is 7.17. The van der Waals surface area contributed by atoms with Gasteiger partial charge in [0.25, 0.3) is 0 Å². The molecule has 4 rings (SSSR count). The quantitative estimate of drug-likeness (QED) is 0.253. The summed E-state index contributed by atoms with van der Waals surface area (Å²) in [7, 11) is -2.72. The maximum atomic E-state index is 14.3. The third-order valence-corrected chi connectivity index (χ3v) is 5.83. The van der Waals surface area contributed by atoms with Gasteiger partial charge in [-0.2, -0.15) is 0 Å². The summed E-state index contributed by atoms with van der Waals surface area (Å²) in [6.45, 7) is 1.64. The maximum absolute atomic E-state index is 14.3. The Kier molecular flexibility index (Phi) is 6.50. The minimum atomic E-state index is -2.72. The van der Waals surface area contributed by atoms with E-state index in [4.69, 9.17) is 26.5 Å². The Hall–Kier alpha value is -3.21. The van der Waals surface area contributed by atoms with Crippen LogP contribution in [-0.4, -0.2) is 13.4 Å². The lowest BCUT2D eigenvalue weighted by atomic mass is 10.0. The van der Waals surface area contributed by atoms with Gasteiger partial charge in [-0.05, 0) is 36.2 Å². The predicted octanol–water partition coefficient (Wildman–Crippen LogP) is 4.76. The number of furan rings is 1. The van der Waals surface area contributed by atoms with Crippen LogP contribution in [-0.2, 0) is 17.4 Å². The van der Waals surface area contributed by atoms with E-state index in [1.165, 1.54) is 19.4 Å². The van der Waals surface area contributed by atoms with Crippen molar-refractivity contribution in [3.63, 3.8) is 0 Å². The summed E-state index contributed by atoms with van der Waals surface area (Å²) in [4.78, 5) is 4.16. The molecule has 0 aliphatic heterocycles. The largest absolute Gasteiger partial charge is 0.478 e. The summed E-state index contributed by atoms with van der Waals surface area (Å²) in [6.07, 6.45) is 2.00. The van der Waals surface area contributed by atoms with Crippen molar-refractivity contribution >= 4 is 39.3 Å². The number of hydrogen-bond donors (Lipinski definition) is 3. The van der Waals surface area contributed by atoms with Gasteiger partial charge in [-0.15, -0.1) is 0 Å². The average Bonchev–Trinajstić information content (AvgIpc) is 3.22. The lowest BCUT2D eigenvalue weighted by molar-refractivity contribution is 0.221. The van der Waals surface area contributed by atoms with E-state index < -0.39 is 28.6 Å². The van der Waals surface area contributed by atoms with Gasteiger partial charge in [0.2, 0.25) is 16.6 Å². The molecule has 0 spiro atoms. The number of nitrogens with zero attached hydrogens (tertiary/aromatic N) is 1. The highest BCUT2D eigenvalue weighted by Gasteiger charge is 2.23. The van der Waals surface area contributed by atoms with E-state index in [0.717, 1.165) is 23.3 Å². The lowest BCUT2D eigenvalue weighted by Gasteiger charge is -2.18. The minimum absolute atomic E-state index is 0.000354. The van der Waals surface area contributed by atoms with Crippen LogP contribution in [0.15, 0.2) is 53.3 Å². The topological polar surface area (TPSA) is 107 Å². The van der Waals surface area contributed by atoms with Crippen LogP contribution in [0.2, 0.25) is 5.02 Å². The first-order valence-electron chi connectivity index (χ1n) is 9.69. The summed E-state index contributed by atoms with van der Waals surface area (Å²) >= 11 is 5.95. The number of anilines is 1. The summed E-state index contributed by atoms with van der Waals surface area (Å²) in [5, 5.41) is 0.184. The van der Waals surface area contributed by atoms with Gasteiger partial charge in [0.1, 0.15) is 17.7 Å². The highest BCUT2D eigenvalue weighted by molar-refractivity contribution is 7.70. The Morgan fingerprint density at radius 1 is 1.24 bits per heavy atom. The van der Waals surface area contributed by atoms with Crippen molar-refractivity contribution < 1.29 is 26.4 Å². The van der Waals surface area contributed by atoms with Crippen molar-refractivity contribution in [2.45, 2.75) is 19.6 Å². The van der Waals surface area contributed by atoms with Crippen molar-refractivity contribution in [2.75, 3.05) is 5.73 Å². The number of aromatic nitrogens is 1. The monoisotopic (exact) mass is 493 g/mol. The molecule has 2 aromatic heterocycles. The van der Waals surface area contributed by atoms with Gasteiger partial charge in [-0.3, -0.25) is 0 Å². The number of thiol groups is 1. The van der Waals surface area contributed by atoms with E-state index in [2.05, 4.69) is 9.71 Å². The van der Waals surface area contributed by atoms with E-state index in [1.54, 1.807) is 18.2 Å². The molecular weight excluding hydrogens is 476 g/mol. The van der Waals surface area contributed by atoms with Crippen LogP contribution < -0.4 is 15.2 Å². The molecular formula is C22H18ClF2N3O4S. The number of pyridine rings is 1. The highest BCUT2D eigenvalue weighted by Crippen LogP contribution is 2.40. The number of nitrogens with one attached hydrogen (secondary N) is 1. The molecule has 0 saturated heterocycles. The molecule has 7 nitrogen and oxygen atoms in total. The molecule has 1 atom stereocenters. The lowest BCUT2D eigenvalue weighted by Crippen LogP contribution is -2.10. The molecule has 0 bridgehead atoms. The zero-order chi connectivity index (χ0) is 23.7. The van der Waals surface area contributed by atoms with Crippen LogP contribution in [0.4, 0.5) is 14.6 Å². The fourth-order valence-corrected chi connectivity index (χ4v) is 4.09. The van der Waals surface area contributed by atoms with Crippen molar-refractivity contribution in [2.24, 2.45) is 0 Å². The third-order valence-electron chi connectivity index (χ3n) is 5.03. The number of nitrogen functional groups attached to an aromatic ring is 1. The van der Waals surface area contributed by atoms with Gasteiger partial charge < -0.3 is 14.9 Å². The number of fused-ring (bicyclic) bond motifs is 1. The first kappa shape index (κ1) is 23.0. The number of nitrogens with two attached hydrogens (primary N) is 1. The molecule has 2 aromatic carbocycles. The summed E-state index contributed by atoms with van der Waals surface area (Å²) in [5.41, 5.74) is 8.26. The van der Waals surface area contributed by atoms with E-state index >= 15 is 0 Å². The molecule has 0 aliphatic carbocycles. The van der Waals surface area contributed by atoms with Gasteiger partial charge in [-0.25, -0.2) is 26.9 Å². The maximum Gasteiger partial charge on any atom is 0.205 e. The van der Waals surface area contributed by atoms with Gasteiger partial charge in [-0.1, -0.05) is 29.8 Å². The first-order valence-corrected chi connectivity index (χ1v) is 11.2. The Labute approximate surface area is 194 Å². The van der Waals surface area contributed by atoms with Crippen LogP contribution in [0.1, 0.15) is 24.2 Å². The molecule has 2 heterocycles. The molecule has 33 heavy (non-hydrogen) atoms. The van der Waals surface area contributed by atoms with E-state index in [-0.39, 0.29) is 34.3 Å². The number of benzene rings is 2. The summed E-state index contributed by atoms with van der Waals surface area (Å²) < 4.78 is 63.7. The first-order chi connectivity index (χ1) is 15.8. The molecule has 11 heteroatoms. The number of ether oxygens (including phenoxy) is 1. The van der Waals surface area contributed by atoms with Crippen LogP contribution in [0.5, 0.6) is 5.75 Å². The van der Waals surface area contributed by atoms with Crippen LogP contribution in [0.25, 0.3) is 22.1 Å². The van der Waals surface area contributed by atoms with E-state index in [0.29, 0.717) is 10.9 Å². The van der Waals surface area contributed by atoms with Crippen LogP contribution in [0, 0.1) is 11.6 Å². The van der Waals surface area contributed by atoms with Gasteiger partial charge >= 0.3 is 0 Å². The van der Waals surface area contributed by atoms with Crippen molar-refractivity contribution in [3.8, 4) is 16.9 Å². The fourth-order valence-electron chi connectivity index (χ4n) is 3.47. The SMILES string of the molecule is C[C@@H](Oc1c(N)ncc2c(-c3cccc(CN[SH](=O)=O)c3)coc12)c1c(F)ccc(F)c1Cl. The average molecular weight is 494 g/mol. The zero-order valence-corrected chi connectivity index (χ0v) is 18.8. The van der Waals surface area contributed by atoms with Gasteiger partial charge in [0, 0.05) is 23.9 Å². The molecule has 0 fully saturated rings. The molecule has 0 aliphatic rings. The number of rotatable bonds is 7. The molecule has 0 amide bonds. The second kappa shape index (κ2) is 9.34. The van der Waals surface area contributed by atoms with Crippen molar-refractivity contribution in [1.29, 1.82) is 0 Å². The van der Waals surface area contributed by atoms with E-state index in [1.807, 2.05) is 6.07 Å². The summed E-state index contributed by atoms with van der Waals surface area (Å²) in [6, 6.07) is 9.09. The fraction of sp³-hybridized carbons (Fsp3) is 0.136. The smallest absolute Gasteiger partial charge is 0.205 e. The van der Waals surface area contributed by atoms with Gasteiger partial charge in [0.05, 0.1) is 16.7 Å². The van der Waals surface area contributed by atoms with Crippen molar-refractivity contribution in [3.05, 3.63) is 76.6 Å². The van der Waals surface area contributed by atoms with Crippen molar-refractivity contribution in [1.82, 2.24) is 9.71 Å². The Morgan fingerprint density at radius 3 is 2.76 bits per heavy atom. The molecule has 0 unspecified atom stereocenters. The number of halogens is 3. The normalized spacial score (nSPS) is 12.4. The van der Waals surface area contributed by atoms with Crippen LogP contribution >= 0.6 is 11.6 Å². The summed E-state index contributed by atoms with van der Waals surface area (Å²) in [5.74, 6) is -1.44. The minimum Gasteiger partial charge on any atom is -0.478 e. The standard InChI is InChI=1S/C22H18ClF2N3O4S/c1-11(18-16(24)5-6-17(25)19(18)23)32-21-20-14(9-27-22(21)26)15(10-31-20)13-4-2-3-12(7-13)8-28-33(29)30/h2-7,9-11,33H,8H2,1H3,(H2,26,27)(H,28,29,30)/t11-/m1/s1. The third kappa shape index (κ3) is 4.63. The Balaban J connectivity index is 1.72. The molecule has 0 radical (unpaired) electrons. The van der Waals surface area contributed by atoms with Crippen LogP contribution in [0.3, 0.4) is 0 Å². The molecule has 3 N–H and O–H groups in total. The molecule has 4 aromatic rings. The highest BCUT2D eigenvalue weighted by atomic mass is 35.5. The predicted molar refractivity (Wildman–Crippen MR) is 121 cm³/mol. The number of hydrogen-bond acceptors (Lipinski definition) is 6. The molecule has 0 saturated carbocycles. The second-order valence-corrected chi connectivity index (χ2v) is 8.38. The Morgan fingerprint density at radius 2 is 2.00 bits per heavy atom. The van der Waals surface area contributed by atoms with Gasteiger partial charge in [0.15, 0.2) is 11.4 Å². The molecule has 172 valence electrons. The Bertz CT molecular complexity index is 1420. The zero-order valence-electron chi connectivity index (χ0n) is 17.1.